The Morgan fingerprint density at radius 3 is 2.71 bits per heavy atom. The number of nitrogens with zero attached hydrogens (tertiary/aromatic N) is 1. The molecular formula is C13H20N2O2. The van der Waals surface area contributed by atoms with E-state index < -0.39 is 0 Å². The number of phenolic OH excluding ortho intramolecular Hbond substituents is 2. The quantitative estimate of drug-likeness (QED) is 0.676. The Bertz CT molecular complexity index is 385. The number of nitrogens with two attached hydrogens (primary N) is 1. The van der Waals surface area contributed by atoms with E-state index in [-0.39, 0.29) is 17.5 Å². The van der Waals surface area contributed by atoms with E-state index in [0.29, 0.717) is 5.92 Å². The molecule has 1 aromatic carbocycles. The molecule has 4 heteroatoms. The summed E-state index contributed by atoms with van der Waals surface area (Å²) in [4.78, 5) is 2.30. The SMILES string of the molecule is CC1CC(N)CN(Cc2ccc(O)c(O)c2)C1. The summed E-state index contributed by atoms with van der Waals surface area (Å²) in [7, 11) is 0. The molecule has 0 saturated carbocycles. The number of phenols is 2. The number of hydrogen-bond acceptors (Lipinski definition) is 4. The number of hydrogen-bond donors (Lipinski definition) is 3. The Kier molecular flexibility index (Phi) is 3.54. The largest absolute Gasteiger partial charge is 0.504 e. The van der Waals surface area contributed by atoms with Crippen LogP contribution in [0.4, 0.5) is 0 Å². The summed E-state index contributed by atoms with van der Waals surface area (Å²) in [5.41, 5.74) is 6.99. The average molecular weight is 236 g/mol. The van der Waals surface area contributed by atoms with Gasteiger partial charge in [-0.3, -0.25) is 4.90 Å². The van der Waals surface area contributed by atoms with Gasteiger partial charge in [-0.05, 0) is 30.0 Å². The third kappa shape index (κ3) is 3.11. The van der Waals surface area contributed by atoms with E-state index >= 15 is 0 Å². The molecule has 1 aliphatic heterocycles. The first-order valence-electron chi connectivity index (χ1n) is 6.03. The van der Waals surface area contributed by atoms with Crippen LogP contribution in [0.15, 0.2) is 18.2 Å². The van der Waals surface area contributed by atoms with Crippen LogP contribution in [0.5, 0.6) is 11.5 Å². The molecular weight excluding hydrogens is 216 g/mol. The van der Waals surface area contributed by atoms with Crippen LogP contribution < -0.4 is 5.73 Å². The van der Waals surface area contributed by atoms with Gasteiger partial charge in [0.25, 0.3) is 0 Å². The minimum absolute atomic E-state index is 0.0585. The first kappa shape index (κ1) is 12.2. The summed E-state index contributed by atoms with van der Waals surface area (Å²) in [6, 6.07) is 5.21. The number of piperidine rings is 1. The monoisotopic (exact) mass is 236 g/mol. The van der Waals surface area contributed by atoms with Crippen molar-refractivity contribution in [3.8, 4) is 11.5 Å². The smallest absolute Gasteiger partial charge is 0.157 e. The van der Waals surface area contributed by atoms with Crippen LogP contribution in [0.1, 0.15) is 18.9 Å². The highest BCUT2D eigenvalue weighted by molar-refractivity contribution is 5.40. The van der Waals surface area contributed by atoms with Crippen molar-refractivity contribution in [2.45, 2.75) is 25.9 Å². The van der Waals surface area contributed by atoms with Crippen molar-refractivity contribution >= 4 is 0 Å². The zero-order valence-corrected chi connectivity index (χ0v) is 10.1. The zero-order valence-electron chi connectivity index (χ0n) is 10.1. The highest BCUT2D eigenvalue weighted by Crippen LogP contribution is 2.26. The van der Waals surface area contributed by atoms with Crippen molar-refractivity contribution in [1.82, 2.24) is 4.90 Å². The van der Waals surface area contributed by atoms with Gasteiger partial charge in [0.05, 0.1) is 0 Å². The third-order valence-corrected chi connectivity index (χ3v) is 3.21. The summed E-state index contributed by atoms with van der Waals surface area (Å²) >= 11 is 0. The second-order valence-electron chi connectivity index (χ2n) is 5.12. The fraction of sp³-hybridized carbons (Fsp3) is 0.538. The molecule has 17 heavy (non-hydrogen) atoms. The molecule has 1 saturated heterocycles. The maximum atomic E-state index is 9.44. The van der Waals surface area contributed by atoms with Gasteiger partial charge < -0.3 is 15.9 Å². The van der Waals surface area contributed by atoms with Gasteiger partial charge in [-0.1, -0.05) is 13.0 Å². The average Bonchev–Trinajstić information content (AvgIpc) is 2.22. The van der Waals surface area contributed by atoms with Crippen molar-refractivity contribution < 1.29 is 10.2 Å². The van der Waals surface area contributed by atoms with E-state index in [9.17, 15) is 10.2 Å². The molecule has 2 rings (SSSR count). The highest BCUT2D eigenvalue weighted by atomic mass is 16.3. The molecule has 4 nitrogen and oxygen atoms in total. The molecule has 0 spiro atoms. The molecule has 1 aliphatic rings. The van der Waals surface area contributed by atoms with Crippen LogP contribution in [-0.2, 0) is 6.54 Å². The summed E-state index contributed by atoms with van der Waals surface area (Å²) in [6.45, 7) is 4.91. The van der Waals surface area contributed by atoms with Crippen LogP contribution in [0, 0.1) is 5.92 Å². The maximum absolute atomic E-state index is 9.44. The van der Waals surface area contributed by atoms with E-state index in [0.717, 1.165) is 31.6 Å². The summed E-state index contributed by atoms with van der Waals surface area (Å²) < 4.78 is 0. The lowest BCUT2D eigenvalue weighted by atomic mass is 9.96. The highest BCUT2D eigenvalue weighted by Gasteiger charge is 2.22. The molecule has 0 amide bonds. The van der Waals surface area contributed by atoms with Crippen molar-refractivity contribution in [2.24, 2.45) is 11.7 Å². The summed E-state index contributed by atoms with van der Waals surface area (Å²) in [5, 5.41) is 18.7. The van der Waals surface area contributed by atoms with Crippen LogP contribution in [0.2, 0.25) is 0 Å². The van der Waals surface area contributed by atoms with Crippen molar-refractivity contribution in [3.05, 3.63) is 23.8 Å². The van der Waals surface area contributed by atoms with Gasteiger partial charge >= 0.3 is 0 Å². The van der Waals surface area contributed by atoms with E-state index in [1.165, 1.54) is 6.07 Å². The summed E-state index contributed by atoms with van der Waals surface area (Å²) in [6.07, 6.45) is 1.08. The number of aromatic hydroxyl groups is 2. The topological polar surface area (TPSA) is 69.7 Å². The van der Waals surface area contributed by atoms with Gasteiger partial charge in [-0.15, -0.1) is 0 Å². The molecule has 1 aromatic rings. The fourth-order valence-corrected chi connectivity index (χ4v) is 2.57. The molecule has 2 atom stereocenters. The zero-order chi connectivity index (χ0) is 12.4. The van der Waals surface area contributed by atoms with Gasteiger partial charge in [0.1, 0.15) is 0 Å². The molecule has 1 fully saturated rings. The Labute approximate surface area is 102 Å². The van der Waals surface area contributed by atoms with Crippen LogP contribution in [0.25, 0.3) is 0 Å². The van der Waals surface area contributed by atoms with Crippen molar-refractivity contribution in [3.63, 3.8) is 0 Å². The van der Waals surface area contributed by atoms with Gasteiger partial charge in [0, 0.05) is 25.7 Å². The molecule has 2 unspecified atom stereocenters. The molecule has 94 valence electrons. The van der Waals surface area contributed by atoms with E-state index in [1.807, 2.05) is 6.07 Å². The number of benzene rings is 1. The van der Waals surface area contributed by atoms with Gasteiger partial charge in [0.15, 0.2) is 11.5 Å². The Morgan fingerprint density at radius 2 is 2.06 bits per heavy atom. The van der Waals surface area contributed by atoms with Crippen LogP contribution >= 0.6 is 0 Å². The number of rotatable bonds is 2. The molecule has 4 N–H and O–H groups in total. The Morgan fingerprint density at radius 1 is 1.29 bits per heavy atom. The summed E-state index contributed by atoms with van der Waals surface area (Å²) in [5.74, 6) is 0.485. The Hall–Kier alpha value is -1.26. The predicted molar refractivity (Wildman–Crippen MR) is 66.8 cm³/mol. The predicted octanol–water partition coefficient (Wildman–Crippen LogP) is 1.27. The number of likely N-dealkylation sites (tertiary alicyclic amines) is 1. The first-order valence-corrected chi connectivity index (χ1v) is 6.03. The standard InChI is InChI=1S/C13H20N2O2/c1-9-4-11(14)8-15(6-9)7-10-2-3-12(16)13(17)5-10/h2-3,5,9,11,16-17H,4,6-8,14H2,1H3. The van der Waals surface area contributed by atoms with Gasteiger partial charge in [-0.25, -0.2) is 0 Å². The molecule has 1 heterocycles. The van der Waals surface area contributed by atoms with Gasteiger partial charge in [0.2, 0.25) is 0 Å². The lowest BCUT2D eigenvalue weighted by Crippen LogP contribution is -2.45. The molecule has 0 bridgehead atoms. The van der Waals surface area contributed by atoms with E-state index in [1.54, 1.807) is 6.07 Å². The van der Waals surface area contributed by atoms with Crippen LogP contribution in [0.3, 0.4) is 0 Å². The van der Waals surface area contributed by atoms with E-state index in [4.69, 9.17) is 5.73 Å². The maximum Gasteiger partial charge on any atom is 0.157 e. The van der Waals surface area contributed by atoms with Gasteiger partial charge in [-0.2, -0.15) is 0 Å². The van der Waals surface area contributed by atoms with Crippen molar-refractivity contribution in [2.75, 3.05) is 13.1 Å². The third-order valence-electron chi connectivity index (χ3n) is 3.21. The molecule has 0 aliphatic carbocycles. The van der Waals surface area contributed by atoms with Crippen LogP contribution in [-0.4, -0.2) is 34.2 Å². The fourth-order valence-electron chi connectivity index (χ4n) is 2.57. The lowest BCUT2D eigenvalue weighted by molar-refractivity contribution is 0.158. The first-order chi connectivity index (χ1) is 8.04. The lowest BCUT2D eigenvalue weighted by Gasteiger charge is -2.34. The molecule has 0 aromatic heterocycles. The Balaban J connectivity index is 2.02. The minimum Gasteiger partial charge on any atom is -0.504 e. The van der Waals surface area contributed by atoms with E-state index in [2.05, 4.69) is 11.8 Å². The van der Waals surface area contributed by atoms with Crippen molar-refractivity contribution in [1.29, 1.82) is 0 Å². The normalized spacial score (nSPS) is 26.0. The molecule has 0 radical (unpaired) electrons. The second kappa shape index (κ2) is 4.94. The second-order valence-corrected chi connectivity index (χ2v) is 5.12. The minimum atomic E-state index is -0.0718.